The fourth-order valence-electron chi connectivity index (χ4n) is 4.37. The van der Waals surface area contributed by atoms with Gasteiger partial charge in [0.1, 0.15) is 5.60 Å². The fraction of sp³-hybridized carbons (Fsp3) is 0.667. The lowest BCUT2D eigenvalue weighted by atomic mass is 9.77. The van der Waals surface area contributed by atoms with Crippen LogP contribution >= 0.6 is 0 Å². The first-order chi connectivity index (χ1) is 13.5. The molecule has 0 bridgehead atoms. The maximum Gasteiger partial charge on any atom is 0.412 e. The molecule has 2 fully saturated rings. The van der Waals surface area contributed by atoms with E-state index in [9.17, 15) is 13.2 Å². The molecule has 2 unspecified atom stereocenters. The van der Waals surface area contributed by atoms with Crippen molar-refractivity contribution in [1.29, 1.82) is 0 Å². The van der Waals surface area contributed by atoms with E-state index in [4.69, 9.17) is 8.92 Å². The zero-order chi connectivity index (χ0) is 21.3. The number of carbonyl (C=O) groups is 1. The molecule has 2 heterocycles. The highest BCUT2D eigenvalue weighted by atomic mass is 32.2. The van der Waals surface area contributed by atoms with Gasteiger partial charge < -0.3 is 4.74 Å². The number of ether oxygens (including phenoxy) is 1. The van der Waals surface area contributed by atoms with Crippen molar-refractivity contribution >= 4 is 16.2 Å². The van der Waals surface area contributed by atoms with E-state index in [0.717, 1.165) is 38.6 Å². The lowest BCUT2D eigenvalue weighted by Gasteiger charge is -2.46. The Morgan fingerprint density at radius 2 is 1.86 bits per heavy atom. The molecule has 0 aliphatic carbocycles. The number of piperidine rings is 1. The number of rotatable bonds is 4. The van der Waals surface area contributed by atoms with Gasteiger partial charge in [-0.05, 0) is 52.1 Å². The van der Waals surface area contributed by atoms with E-state index in [2.05, 4.69) is 17.0 Å². The van der Waals surface area contributed by atoms with Crippen molar-refractivity contribution in [2.45, 2.75) is 58.4 Å². The third kappa shape index (κ3) is 5.71. The molecule has 1 aromatic carbocycles. The van der Waals surface area contributed by atoms with E-state index in [-0.39, 0.29) is 0 Å². The topological polar surface area (TPSA) is 76.2 Å². The van der Waals surface area contributed by atoms with Crippen molar-refractivity contribution in [3.8, 4) is 0 Å². The zero-order valence-corrected chi connectivity index (χ0v) is 18.6. The number of hydrogen-bond donors (Lipinski definition) is 0. The predicted molar refractivity (Wildman–Crippen MR) is 111 cm³/mol. The number of benzene rings is 1. The summed E-state index contributed by atoms with van der Waals surface area (Å²) in [6, 6.07) is 10.2. The van der Waals surface area contributed by atoms with Gasteiger partial charge in [-0.3, -0.25) is 9.80 Å². The molecule has 3 rings (SSSR count). The normalized spacial score (nSPS) is 26.1. The summed E-state index contributed by atoms with van der Waals surface area (Å²) in [5.41, 5.74) is 0.129. The third-order valence-electron chi connectivity index (χ3n) is 5.49. The van der Waals surface area contributed by atoms with Crippen molar-refractivity contribution in [2.24, 2.45) is 5.41 Å². The maximum atomic E-state index is 12.8. The second-order valence-corrected chi connectivity index (χ2v) is 10.8. The van der Waals surface area contributed by atoms with E-state index in [1.54, 1.807) is 20.8 Å². The third-order valence-corrected chi connectivity index (χ3v) is 6.02. The van der Waals surface area contributed by atoms with Gasteiger partial charge in [-0.1, -0.05) is 30.3 Å². The highest BCUT2D eigenvalue weighted by Crippen LogP contribution is 2.45. The Labute approximate surface area is 174 Å². The number of likely N-dealkylation sites (tertiary alicyclic amines) is 2. The summed E-state index contributed by atoms with van der Waals surface area (Å²) in [5.74, 6) is 0. The van der Waals surface area contributed by atoms with E-state index in [1.165, 1.54) is 10.5 Å². The van der Waals surface area contributed by atoms with Gasteiger partial charge in [-0.25, -0.2) is 8.98 Å². The van der Waals surface area contributed by atoms with Crippen molar-refractivity contribution < 1.29 is 22.1 Å². The quantitative estimate of drug-likeness (QED) is 0.691. The van der Waals surface area contributed by atoms with Crippen molar-refractivity contribution in [3.63, 3.8) is 0 Å². The summed E-state index contributed by atoms with van der Waals surface area (Å²) >= 11 is 0. The summed E-state index contributed by atoms with van der Waals surface area (Å²) in [7, 11) is -3.74. The molecule has 1 spiro atoms. The van der Waals surface area contributed by atoms with Crippen molar-refractivity contribution in [3.05, 3.63) is 35.9 Å². The van der Waals surface area contributed by atoms with Gasteiger partial charge in [-0.15, -0.1) is 0 Å². The fourth-order valence-corrected chi connectivity index (χ4v) is 5.01. The van der Waals surface area contributed by atoms with Gasteiger partial charge in [0.25, 0.3) is 10.1 Å². The number of nitrogens with zero attached hydrogens (tertiary/aromatic N) is 2. The van der Waals surface area contributed by atoms with Gasteiger partial charge in [0.05, 0.1) is 6.26 Å². The molecular formula is C21H32N2O5S. The van der Waals surface area contributed by atoms with Gasteiger partial charge in [0, 0.05) is 25.0 Å². The smallest absolute Gasteiger partial charge is 0.412 e. The van der Waals surface area contributed by atoms with Crippen LogP contribution in [0.1, 0.15) is 45.6 Å². The Morgan fingerprint density at radius 3 is 2.48 bits per heavy atom. The van der Waals surface area contributed by atoms with Crippen LogP contribution in [0.25, 0.3) is 0 Å². The summed E-state index contributed by atoms with van der Waals surface area (Å²) < 4.78 is 35.2. The molecule has 1 amide bonds. The highest BCUT2D eigenvalue weighted by Gasteiger charge is 2.52. The van der Waals surface area contributed by atoms with Crippen LogP contribution in [-0.2, 0) is 25.6 Å². The van der Waals surface area contributed by atoms with Gasteiger partial charge >= 0.3 is 6.09 Å². The minimum atomic E-state index is -3.74. The van der Waals surface area contributed by atoms with Gasteiger partial charge in [-0.2, -0.15) is 8.42 Å². The van der Waals surface area contributed by atoms with E-state index in [0.29, 0.717) is 13.1 Å². The summed E-state index contributed by atoms with van der Waals surface area (Å²) in [6.45, 7) is 8.13. The molecule has 2 atom stereocenters. The first-order valence-electron chi connectivity index (χ1n) is 10.1. The number of hydrogen-bond acceptors (Lipinski definition) is 6. The SMILES string of the molecule is CC(C)(C)OC(=O)N1CCCC2(CCN(Cc3ccccc3)C2)C1OS(C)(=O)=O. The van der Waals surface area contributed by atoms with Crippen molar-refractivity contribution in [1.82, 2.24) is 9.80 Å². The maximum absolute atomic E-state index is 12.8. The van der Waals surface area contributed by atoms with Gasteiger partial charge in [0.15, 0.2) is 6.23 Å². The number of amides is 1. The van der Waals surface area contributed by atoms with Crippen LogP contribution < -0.4 is 0 Å². The standard InChI is InChI=1S/C21H32N2O5S/c1-20(2,3)27-19(24)23-13-8-11-21(18(23)28-29(4,25)26)12-14-22(16-21)15-17-9-6-5-7-10-17/h5-7,9-10,18H,8,11-16H2,1-4H3. The molecule has 0 aromatic heterocycles. The summed E-state index contributed by atoms with van der Waals surface area (Å²) in [4.78, 5) is 16.6. The molecule has 0 saturated carbocycles. The molecule has 2 aliphatic rings. The Balaban J connectivity index is 1.82. The Bertz CT molecular complexity index is 821. The predicted octanol–water partition coefficient (Wildman–Crippen LogP) is 3.21. The lowest BCUT2D eigenvalue weighted by molar-refractivity contribution is -0.0963. The van der Waals surface area contributed by atoms with Crippen LogP contribution in [0.4, 0.5) is 4.79 Å². The molecule has 0 N–H and O–H groups in total. The average Bonchev–Trinajstić information content (AvgIpc) is 2.98. The van der Waals surface area contributed by atoms with Crippen LogP contribution in [-0.4, -0.2) is 62.0 Å². The van der Waals surface area contributed by atoms with E-state index in [1.807, 2.05) is 18.2 Å². The first kappa shape index (κ1) is 22.1. The molecule has 0 radical (unpaired) electrons. The molecule has 1 aromatic rings. The number of carbonyl (C=O) groups excluding carboxylic acids is 1. The van der Waals surface area contributed by atoms with Crippen LogP contribution in [0.2, 0.25) is 0 Å². The second kappa shape index (κ2) is 8.24. The largest absolute Gasteiger partial charge is 0.444 e. The van der Waals surface area contributed by atoms with Gasteiger partial charge in [0.2, 0.25) is 0 Å². The second-order valence-electron chi connectivity index (χ2n) is 9.24. The van der Waals surface area contributed by atoms with Crippen LogP contribution in [0.5, 0.6) is 0 Å². The monoisotopic (exact) mass is 424 g/mol. The van der Waals surface area contributed by atoms with Crippen molar-refractivity contribution in [2.75, 3.05) is 25.9 Å². The Hall–Kier alpha value is -1.64. The lowest BCUT2D eigenvalue weighted by Crippen LogP contribution is -2.58. The van der Waals surface area contributed by atoms with Crippen LogP contribution in [0.3, 0.4) is 0 Å². The Morgan fingerprint density at radius 1 is 1.17 bits per heavy atom. The highest BCUT2D eigenvalue weighted by molar-refractivity contribution is 7.86. The minimum absolute atomic E-state index is 0.424. The molecular weight excluding hydrogens is 392 g/mol. The zero-order valence-electron chi connectivity index (χ0n) is 17.8. The van der Waals surface area contributed by atoms with Crippen LogP contribution in [0, 0.1) is 5.41 Å². The average molecular weight is 425 g/mol. The first-order valence-corrected chi connectivity index (χ1v) is 11.9. The van der Waals surface area contributed by atoms with Crippen LogP contribution in [0.15, 0.2) is 30.3 Å². The molecule has 29 heavy (non-hydrogen) atoms. The van der Waals surface area contributed by atoms with E-state index >= 15 is 0 Å². The summed E-state index contributed by atoms with van der Waals surface area (Å²) in [6.07, 6.45) is 2.06. The summed E-state index contributed by atoms with van der Waals surface area (Å²) in [5, 5.41) is 0. The Kier molecular flexibility index (Phi) is 6.27. The minimum Gasteiger partial charge on any atom is -0.444 e. The molecule has 2 aliphatic heterocycles. The molecule has 7 nitrogen and oxygen atoms in total. The molecule has 8 heteroatoms. The molecule has 2 saturated heterocycles. The molecule has 162 valence electrons. The van der Waals surface area contributed by atoms with E-state index < -0.39 is 33.5 Å².